The van der Waals surface area contributed by atoms with Crippen molar-refractivity contribution in [1.29, 1.82) is 0 Å². The molecule has 0 aromatic heterocycles. The molecule has 0 saturated heterocycles. The van der Waals surface area contributed by atoms with Crippen LogP contribution in [0.3, 0.4) is 0 Å². The lowest BCUT2D eigenvalue weighted by atomic mass is 9.93. The fourth-order valence-corrected chi connectivity index (χ4v) is 2.94. The molecule has 1 heterocycles. The van der Waals surface area contributed by atoms with Crippen LogP contribution in [0.4, 0.5) is 5.69 Å². The van der Waals surface area contributed by atoms with Crippen molar-refractivity contribution in [2.24, 2.45) is 5.73 Å². The van der Waals surface area contributed by atoms with Crippen LogP contribution >= 0.6 is 11.6 Å². The molecule has 3 N–H and O–H groups in total. The minimum absolute atomic E-state index is 0.00961. The Morgan fingerprint density at radius 3 is 2.57 bits per heavy atom. The van der Waals surface area contributed by atoms with E-state index in [4.69, 9.17) is 17.3 Å². The predicted molar refractivity (Wildman–Crippen MR) is 85.7 cm³/mol. The lowest BCUT2D eigenvalue weighted by Gasteiger charge is -2.17. The Morgan fingerprint density at radius 1 is 1.24 bits per heavy atom. The number of amides is 1. The Labute approximate surface area is 129 Å². The minimum Gasteiger partial charge on any atom is -0.325 e. The number of hydrogen-bond donors (Lipinski definition) is 2. The highest BCUT2D eigenvalue weighted by Gasteiger charge is 2.30. The van der Waals surface area contributed by atoms with Gasteiger partial charge in [0.15, 0.2) is 0 Å². The number of anilines is 1. The molecule has 1 aliphatic rings. The second-order valence-electron chi connectivity index (χ2n) is 5.56. The molecule has 2 aromatic rings. The van der Waals surface area contributed by atoms with Gasteiger partial charge < -0.3 is 11.1 Å². The van der Waals surface area contributed by atoms with Crippen LogP contribution in [0.2, 0.25) is 5.02 Å². The van der Waals surface area contributed by atoms with Crippen molar-refractivity contribution in [2.75, 3.05) is 5.32 Å². The zero-order valence-corrected chi connectivity index (χ0v) is 12.7. The molecule has 21 heavy (non-hydrogen) atoms. The quantitative estimate of drug-likeness (QED) is 0.887. The standard InChI is InChI=1S/C17H17ClN2O/c1-9-3-5-11(6-4-9)15(19)14-8-12(18)7-13-10(2)17(21)20-16(13)14/h3-8,10,15H,19H2,1-2H3,(H,20,21). The zero-order chi connectivity index (χ0) is 15.1. The summed E-state index contributed by atoms with van der Waals surface area (Å²) < 4.78 is 0. The van der Waals surface area contributed by atoms with Crippen molar-refractivity contribution in [3.05, 3.63) is 63.7 Å². The summed E-state index contributed by atoms with van der Waals surface area (Å²) in [5.74, 6) is -0.202. The molecule has 0 bridgehead atoms. The second kappa shape index (κ2) is 5.17. The minimum atomic E-state index is -0.316. The van der Waals surface area contributed by atoms with Gasteiger partial charge in [-0.05, 0) is 42.7 Å². The van der Waals surface area contributed by atoms with Crippen LogP contribution in [0.5, 0.6) is 0 Å². The first kappa shape index (κ1) is 14.1. The van der Waals surface area contributed by atoms with Gasteiger partial charge in [0.05, 0.1) is 12.0 Å². The van der Waals surface area contributed by atoms with Crippen molar-refractivity contribution in [3.8, 4) is 0 Å². The number of nitrogens with two attached hydrogens (primary N) is 1. The molecule has 1 amide bonds. The van der Waals surface area contributed by atoms with Crippen LogP contribution in [0.15, 0.2) is 36.4 Å². The first-order valence-electron chi connectivity index (χ1n) is 6.93. The summed E-state index contributed by atoms with van der Waals surface area (Å²) in [6, 6.07) is 11.4. The van der Waals surface area contributed by atoms with Gasteiger partial charge in [0, 0.05) is 10.7 Å². The van der Waals surface area contributed by atoms with Gasteiger partial charge in [0.2, 0.25) is 5.91 Å². The van der Waals surface area contributed by atoms with Gasteiger partial charge in [-0.3, -0.25) is 4.79 Å². The molecule has 0 radical (unpaired) electrons. The molecule has 3 nitrogen and oxygen atoms in total. The van der Waals surface area contributed by atoms with Crippen molar-refractivity contribution >= 4 is 23.2 Å². The molecule has 108 valence electrons. The third-order valence-electron chi connectivity index (χ3n) is 4.04. The van der Waals surface area contributed by atoms with Gasteiger partial charge in [-0.2, -0.15) is 0 Å². The van der Waals surface area contributed by atoms with E-state index < -0.39 is 0 Å². The van der Waals surface area contributed by atoms with Crippen LogP contribution in [-0.2, 0) is 4.79 Å². The molecule has 0 fully saturated rings. The molecule has 1 aliphatic heterocycles. The lowest BCUT2D eigenvalue weighted by Crippen LogP contribution is -2.15. The van der Waals surface area contributed by atoms with Crippen molar-refractivity contribution < 1.29 is 4.79 Å². The fraction of sp³-hybridized carbons (Fsp3) is 0.235. The summed E-state index contributed by atoms with van der Waals surface area (Å²) in [6.07, 6.45) is 0. The van der Waals surface area contributed by atoms with Gasteiger partial charge in [0.25, 0.3) is 0 Å². The molecule has 2 aromatic carbocycles. The third-order valence-corrected chi connectivity index (χ3v) is 4.26. The number of aryl methyl sites for hydroxylation is 1. The Balaban J connectivity index is 2.09. The van der Waals surface area contributed by atoms with E-state index in [0.717, 1.165) is 22.4 Å². The van der Waals surface area contributed by atoms with E-state index in [0.29, 0.717) is 5.02 Å². The van der Waals surface area contributed by atoms with Crippen molar-refractivity contribution in [2.45, 2.75) is 25.8 Å². The van der Waals surface area contributed by atoms with E-state index in [2.05, 4.69) is 5.32 Å². The Kier molecular flexibility index (Phi) is 3.47. The van der Waals surface area contributed by atoms with Gasteiger partial charge in [-0.25, -0.2) is 0 Å². The summed E-state index contributed by atoms with van der Waals surface area (Å²) in [4.78, 5) is 11.9. The van der Waals surface area contributed by atoms with E-state index in [1.807, 2.05) is 50.2 Å². The van der Waals surface area contributed by atoms with Crippen molar-refractivity contribution in [1.82, 2.24) is 0 Å². The van der Waals surface area contributed by atoms with E-state index in [1.54, 1.807) is 0 Å². The molecule has 0 saturated carbocycles. The van der Waals surface area contributed by atoms with Crippen LogP contribution in [0.25, 0.3) is 0 Å². The van der Waals surface area contributed by atoms with Crippen LogP contribution < -0.4 is 11.1 Å². The average Bonchev–Trinajstić information content (AvgIpc) is 2.74. The molecule has 4 heteroatoms. The first-order valence-corrected chi connectivity index (χ1v) is 7.31. The number of rotatable bonds is 2. The number of fused-ring (bicyclic) bond motifs is 1. The van der Waals surface area contributed by atoms with Gasteiger partial charge >= 0.3 is 0 Å². The molecular formula is C17H17ClN2O. The number of carbonyl (C=O) groups excluding carboxylic acids is 1. The van der Waals surface area contributed by atoms with Crippen LogP contribution in [-0.4, -0.2) is 5.91 Å². The number of benzene rings is 2. The summed E-state index contributed by atoms with van der Waals surface area (Å²) in [6.45, 7) is 3.91. The maximum atomic E-state index is 11.9. The number of hydrogen-bond acceptors (Lipinski definition) is 2. The zero-order valence-electron chi connectivity index (χ0n) is 12.0. The van der Waals surface area contributed by atoms with Gasteiger partial charge in [0.1, 0.15) is 0 Å². The van der Waals surface area contributed by atoms with Gasteiger partial charge in [-0.15, -0.1) is 0 Å². The summed E-state index contributed by atoms with van der Waals surface area (Å²) >= 11 is 6.20. The van der Waals surface area contributed by atoms with Crippen molar-refractivity contribution in [3.63, 3.8) is 0 Å². The summed E-state index contributed by atoms with van der Waals surface area (Å²) in [5, 5.41) is 3.53. The van der Waals surface area contributed by atoms with E-state index in [-0.39, 0.29) is 17.9 Å². The van der Waals surface area contributed by atoms with Crippen LogP contribution in [0, 0.1) is 6.92 Å². The normalized spacial score (nSPS) is 18.3. The average molecular weight is 301 g/mol. The SMILES string of the molecule is Cc1ccc(C(N)c2cc(Cl)cc3c2NC(=O)C3C)cc1. The highest BCUT2D eigenvalue weighted by molar-refractivity contribution is 6.31. The predicted octanol–water partition coefficient (Wildman–Crippen LogP) is 3.75. The first-order chi connectivity index (χ1) is 9.97. The monoisotopic (exact) mass is 300 g/mol. The number of nitrogens with one attached hydrogen (secondary N) is 1. The number of halogens is 1. The maximum absolute atomic E-state index is 11.9. The van der Waals surface area contributed by atoms with E-state index in [9.17, 15) is 4.79 Å². The fourth-order valence-electron chi connectivity index (χ4n) is 2.71. The molecule has 0 aliphatic carbocycles. The maximum Gasteiger partial charge on any atom is 0.231 e. The second-order valence-corrected chi connectivity index (χ2v) is 5.99. The largest absolute Gasteiger partial charge is 0.325 e. The molecule has 0 spiro atoms. The third kappa shape index (κ3) is 2.43. The van der Waals surface area contributed by atoms with Crippen LogP contribution in [0.1, 0.15) is 41.1 Å². The smallest absolute Gasteiger partial charge is 0.231 e. The topological polar surface area (TPSA) is 55.1 Å². The van der Waals surface area contributed by atoms with E-state index in [1.165, 1.54) is 5.56 Å². The molecule has 2 unspecified atom stereocenters. The highest BCUT2D eigenvalue weighted by atomic mass is 35.5. The Bertz CT molecular complexity index is 709. The molecular weight excluding hydrogens is 284 g/mol. The summed E-state index contributed by atoms with van der Waals surface area (Å²) in [7, 11) is 0. The molecule has 3 rings (SSSR count). The number of carbonyl (C=O) groups is 1. The lowest BCUT2D eigenvalue weighted by molar-refractivity contribution is -0.116. The van der Waals surface area contributed by atoms with E-state index >= 15 is 0 Å². The summed E-state index contributed by atoms with van der Waals surface area (Å²) in [5.41, 5.74) is 11.2. The Morgan fingerprint density at radius 2 is 1.90 bits per heavy atom. The van der Waals surface area contributed by atoms with Gasteiger partial charge in [-0.1, -0.05) is 41.4 Å². The molecule has 2 atom stereocenters. The Hall–Kier alpha value is -1.84. The highest BCUT2D eigenvalue weighted by Crippen LogP contribution is 2.40.